The summed E-state index contributed by atoms with van der Waals surface area (Å²) < 4.78 is 5.34. The van der Waals surface area contributed by atoms with E-state index in [1.807, 2.05) is 11.9 Å². The lowest BCUT2D eigenvalue weighted by atomic mass is 9.83. The van der Waals surface area contributed by atoms with E-state index >= 15 is 0 Å². The smallest absolute Gasteiger partial charge is 0.222 e. The number of carbonyl (C=O) groups excluding carboxylic acids is 1. The van der Waals surface area contributed by atoms with E-state index in [-0.39, 0.29) is 0 Å². The van der Waals surface area contributed by atoms with Crippen LogP contribution >= 0.6 is 0 Å². The van der Waals surface area contributed by atoms with Gasteiger partial charge in [0.1, 0.15) is 0 Å². The van der Waals surface area contributed by atoms with Gasteiger partial charge in [0.2, 0.25) is 5.91 Å². The summed E-state index contributed by atoms with van der Waals surface area (Å²) in [6.45, 7) is 1.58. The van der Waals surface area contributed by atoms with Crippen LogP contribution in [0.5, 0.6) is 0 Å². The second-order valence-corrected chi connectivity index (χ2v) is 6.18. The number of hydrogen-bond acceptors (Lipinski definition) is 3. The maximum Gasteiger partial charge on any atom is 0.222 e. The Morgan fingerprint density at radius 2 is 2.00 bits per heavy atom. The quantitative estimate of drug-likeness (QED) is 0.847. The predicted molar refractivity (Wildman–Crippen MR) is 75.8 cm³/mol. The number of carbonyl (C=O) groups is 1. The van der Waals surface area contributed by atoms with Gasteiger partial charge in [0.05, 0.1) is 0 Å². The molecule has 1 heterocycles. The molecule has 1 amide bonds. The fraction of sp³-hybridized carbons (Fsp3) is 0.933. The predicted octanol–water partition coefficient (Wildman–Crippen LogP) is 1.92. The minimum absolute atomic E-state index is 0.297. The van der Waals surface area contributed by atoms with Gasteiger partial charge in [-0.15, -0.1) is 0 Å². The van der Waals surface area contributed by atoms with Crippen molar-refractivity contribution < 1.29 is 9.53 Å². The van der Waals surface area contributed by atoms with Crippen LogP contribution in [0.4, 0.5) is 0 Å². The van der Waals surface area contributed by atoms with Crippen molar-refractivity contribution in [1.29, 1.82) is 0 Å². The van der Waals surface area contributed by atoms with Crippen molar-refractivity contribution in [2.24, 2.45) is 11.7 Å². The first-order valence-electron chi connectivity index (χ1n) is 7.76. The Bertz CT molecular complexity index is 290. The number of rotatable bonds is 4. The molecular weight excluding hydrogens is 240 g/mol. The topological polar surface area (TPSA) is 55.6 Å². The van der Waals surface area contributed by atoms with Crippen LogP contribution in [0.1, 0.15) is 51.4 Å². The normalized spacial score (nSPS) is 29.2. The average molecular weight is 268 g/mol. The molecule has 4 heteroatoms. The fourth-order valence-electron chi connectivity index (χ4n) is 3.37. The van der Waals surface area contributed by atoms with Crippen LogP contribution in [0, 0.1) is 5.92 Å². The van der Waals surface area contributed by atoms with Crippen molar-refractivity contribution in [3.63, 3.8) is 0 Å². The van der Waals surface area contributed by atoms with E-state index in [1.165, 1.54) is 12.8 Å². The molecule has 0 bridgehead atoms. The maximum atomic E-state index is 12.2. The molecule has 0 aromatic carbocycles. The van der Waals surface area contributed by atoms with Gasteiger partial charge in [-0.05, 0) is 38.0 Å². The molecule has 2 N–H and O–H groups in total. The van der Waals surface area contributed by atoms with Crippen LogP contribution in [0.3, 0.4) is 0 Å². The molecule has 0 radical (unpaired) electrons. The van der Waals surface area contributed by atoms with Crippen LogP contribution in [0.25, 0.3) is 0 Å². The molecule has 110 valence electrons. The van der Waals surface area contributed by atoms with E-state index in [0.29, 0.717) is 30.3 Å². The van der Waals surface area contributed by atoms with E-state index in [2.05, 4.69) is 0 Å². The van der Waals surface area contributed by atoms with Crippen LogP contribution in [-0.4, -0.2) is 43.2 Å². The molecule has 2 atom stereocenters. The number of hydrogen-bond donors (Lipinski definition) is 1. The van der Waals surface area contributed by atoms with E-state index in [1.54, 1.807) is 0 Å². The molecule has 1 saturated carbocycles. The first-order valence-corrected chi connectivity index (χ1v) is 7.76. The third-order valence-electron chi connectivity index (χ3n) is 4.72. The van der Waals surface area contributed by atoms with Crippen molar-refractivity contribution in [2.75, 3.05) is 20.3 Å². The molecule has 1 aliphatic carbocycles. The van der Waals surface area contributed by atoms with E-state index in [9.17, 15) is 4.79 Å². The van der Waals surface area contributed by atoms with Crippen LogP contribution < -0.4 is 5.73 Å². The second kappa shape index (κ2) is 7.25. The summed E-state index contributed by atoms with van der Waals surface area (Å²) in [5, 5.41) is 0. The van der Waals surface area contributed by atoms with Gasteiger partial charge in [0.25, 0.3) is 0 Å². The van der Waals surface area contributed by atoms with Crippen molar-refractivity contribution in [3.8, 4) is 0 Å². The Hall–Kier alpha value is -0.610. The summed E-state index contributed by atoms with van der Waals surface area (Å²) in [5.74, 6) is 0.960. The van der Waals surface area contributed by atoms with Gasteiger partial charge >= 0.3 is 0 Å². The maximum absolute atomic E-state index is 12.2. The summed E-state index contributed by atoms with van der Waals surface area (Å²) in [4.78, 5) is 14.2. The molecule has 2 rings (SSSR count). The lowest BCUT2D eigenvalue weighted by molar-refractivity contribution is -0.134. The van der Waals surface area contributed by atoms with E-state index in [4.69, 9.17) is 10.5 Å². The van der Waals surface area contributed by atoms with Gasteiger partial charge in [-0.1, -0.05) is 12.8 Å². The van der Waals surface area contributed by atoms with Gasteiger partial charge in [-0.3, -0.25) is 4.79 Å². The molecule has 1 aliphatic heterocycles. The molecule has 0 spiro atoms. The van der Waals surface area contributed by atoms with Crippen molar-refractivity contribution >= 4 is 5.91 Å². The van der Waals surface area contributed by atoms with Crippen molar-refractivity contribution in [2.45, 2.75) is 63.5 Å². The molecule has 1 saturated heterocycles. The molecule has 2 aliphatic rings. The fourth-order valence-corrected chi connectivity index (χ4v) is 3.37. The SMILES string of the molecule is CN(C(=O)CCC1CCCC(N)C1)C1CCOCC1. The molecular formula is C15H28N2O2. The van der Waals surface area contributed by atoms with Gasteiger partial charge in [-0.2, -0.15) is 0 Å². The Balaban J connectivity index is 1.70. The highest BCUT2D eigenvalue weighted by molar-refractivity contribution is 5.76. The molecule has 2 unspecified atom stereocenters. The van der Waals surface area contributed by atoms with Crippen molar-refractivity contribution in [1.82, 2.24) is 4.90 Å². The summed E-state index contributed by atoms with van der Waals surface area (Å²) >= 11 is 0. The van der Waals surface area contributed by atoms with E-state index < -0.39 is 0 Å². The number of ether oxygens (including phenoxy) is 1. The Labute approximate surface area is 116 Å². The zero-order chi connectivity index (χ0) is 13.7. The van der Waals surface area contributed by atoms with Crippen LogP contribution in [-0.2, 0) is 9.53 Å². The Morgan fingerprint density at radius 3 is 2.68 bits per heavy atom. The van der Waals surface area contributed by atoms with Gasteiger partial charge in [0.15, 0.2) is 0 Å². The first kappa shape index (κ1) is 14.8. The van der Waals surface area contributed by atoms with Gasteiger partial charge < -0.3 is 15.4 Å². The molecule has 0 aromatic heterocycles. The zero-order valence-electron chi connectivity index (χ0n) is 12.1. The Morgan fingerprint density at radius 1 is 1.26 bits per heavy atom. The number of amides is 1. The van der Waals surface area contributed by atoms with Crippen LogP contribution in [0.2, 0.25) is 0 Å². The molecule has 2 fully saturated rings. The second-order valence-electron chi connectivity index (χ2n) is 6.18. The summed E-state index contributed by atoms with van der Waals surface area (Å²) in [6, 6.07) is 0.747. The zero-order valence-corrected chi connectivity index (χ0v) is 12.1. The highest BCUT2D eigenvalue weighted by Gasteiger charge is 2.24. The number of nitrogens with two attached hydrogens (primary N) is 1. The van der Waals surface area contributed by atoms with Gasteiger partial charge in [-0.25, -0.2) is 0 Å². The first-order chi connectivity index (χ1) is 9.16. The monoisotopic (exact) mass is 268 g/mol. The van der Waals surface area contributed by atoms with Crippen LogP contribution in [0.15, 0.2) is 0 Å². The van der Waals surface area contributed by atoms with Crippen molar-refractivity contribution in [3.05, 3.63) is 0 Å². The Kier molecular flexibility index (Phi) is 5.64. The van der Waals surface area contributed by atoms with E-state index in [0.717, 1.165) is 45.3 Å². The highest BCUT2D eigenvalue weighted by Crippen LogP contribution is 2.27. The molecule has 0 aromatic rings. The third-order valence-corrected chi connectivity index (χ3v) is 4.72. The lowest BCUT2D eigenvalue weighted by Gasteiger charge is -2.32. The lowest BCUT2D eigenvalue weighted by Crippen LogP contribution is -2.40. The third kappa shape index (κ3) is 4.46. The summed E-state index contributed by atoms with van der Waals surface area (Å²) in [6.07, 6.45) is 8.41. The minimum Gasteiger partial charge on any atom is -0.381 e. The molecule has 19 heavy (non-hydrogen) atoms. The summed E-state index contributed by atoms with van der Waals surface area (Å²) in [5.41, 5.74) is 6.00. The average Bonchev–Trinajstić information content (AvgIpc) is 2.45. The number of nitrogens with zero attached hydrogens (tertiary/aromatic N) is 1. The minimum atomic E-state index is 0.297. The molecule has 4 nitrogen and oxygen atoms in total. The van der Waals surface area contributed by atoms with Gasteiger partial charge in [0, 0.05) is 38.8 Å². The standard InChI is InChI=1S/C15H28N2O2/c1-17(14-7-9-19-10-8-14)15(18)6-5-12-3-2-4-13(16)11-12/h12-14H,2-11,16H2,1H3. The largest absolute Gasteiger partial charge is 0.381 e. The summed E-state index contributed by atoms with van der Waals surface area (Å²) in [7, 11) is 1.95. The highest BCUT2D eigenvalue weighted by atomic mass is 16.5.